The Morgan fingerprint density at radius 1 is 1.14 bits per heavy atom. The van der Waals surface area contributed by atoms with Crippen molar-refractivity contribution in [2.45, 2.75) is 12.2 Å². The molecule has 4 aromatic rings. The quantitative estimate of drug-likeness (QED) is 0.570. The highest BCUT2D eigenvalue weighted by Crippen LogP contribution is 2.32. The molecule has 3 aromatic heterocycles. The van der Waals surface area contributed by atoms with Crippen LogP contribution in [0.2, 0.25) is 0 Å². The number of rotatable bonds is 4. The third-order valence-corrected chi connectivity index (χ3v) is 5.20. The first kappa shape index (κ1) is 17.7. The zero-order chi connectivity index (χ0) is 20.0. The molecule has 9 heteroatoms. The second kappa shape index (κ2) is 6.93. The van der Waals surface area contributed by atoms with Crippen LogP contribution in [0.3, 0.4) is 0 Å². The lowest BCUT2D eigenvalue weighted by Crippen LogP contribution is -2.30. The van der Waals surface area contributed by atoms with Crippen molar-refractivity contribution in [2.75, 3.05) is 32.6 Å². The number of fused-ring (bicyclic) bond motifs is 2. The summed E-state index contributed by atoms with van der Waals surface area (Å²) in [5.41, 5.74) is 4.26. The van der Waals surface area contributed by atoms with Crippen LogP contribution in [0.25, 0.3) is 27.7 Å². The van der Waals surface area contributed by atoms with Crippen LogP contribution in [0.1, 0.15) is 0 Å². The summed E-state index contributed by atoms with van der Waals surface area (Å²) in [5, 5.41) is 7.62. The molecule has 148 valence electrons. The Hall–Kier alpha value is -3.33. The Morgan fingerprint density at radius 2 is 1.97 bits per heavy atom. The number of nitrogens with zero attached hydrogens (tertiary/aromatic N) is 6. The Morgan fingerprint density at radius 3 is 2.72 bits per heavy atom. The number of alkyl halides is 1. The number of ether oxygens (including phenoxy) is 1. The summed E-state index contributed by atoms with van der Waals surface area (Å²) in [7, 11) is 3.46. The molecule has 29 heavy (non-hydrogen) atoms. The van der Waals surface area contributed by atoms with Gasteiger partial charge in [-0.1, -0.05) is 6.07 Å². The Bertz CT molecular complexity index is 1190. The second-order valence-corrected chi connectivity index (χ2v) is 7.22. The van der Waals surface area contributed by atoms with E-state index >= 15 is 0 Å². The van der Waals surface area contributed by atoms with Gasteiger partial charge in [0, 0.05) is 37.2 Å². The van der Waals surface area contributed by atoms with Crippen molar-refractivity contribution in [3.05, 3.63) is 42.9 Å². The number of halogens is 1. The van der Waals surface area contributed by atoms with Crippen molar-refractivity contribution in [1.29, 1.82) is 0 Å². The maximum absolute atomic E-state index is 14.2. The van der Waals surface area contributed by atoms with Gasteiger partial charge in [0.15, 0.2) is 0 Å². The van der Waals surface area contributed by atoms with Crippen LogP contribution in [0.5, 0.6) is 5.88 Å². The van der Waals surface area contributed by atoms with Gasteiger partial charge in [-0.25, -0.2) is 8.91 Å². The zero-order valence-corrected chi connectivity index (χ0v) is 16.1. The van der Waals surface area contributed by atoms with E-state index in [-0.39, 0.29) is 6.04 Å². The maximum Gasteiger partial charge on any atom is 0.244 e. The largest absolute Gasteiger partial charge is 0.479 e. The fourth-order valence-corrected chi connectivity index (χ4v) is 3.81. The molecular formula is C20H20FN7O. The smallest absolute Gasteiger partial charge is 0.244 e. The lowest BCUT2D eigenvalue weighted by Gasteiger charge is -2.15. The van der Waals surface area contributed by atoms with E-state index in [9.17, 15) is 4.39 Å². The highest BCUT2D eigenvalue weighted by Gasteiger charge is 2.31. The van der Waals surface area contributed by atoms with Crippen LogP contribution in [-0.2, 0) is 0 Å². The summed E-state index contributed by atoms with van der Waals surface area (Å²) in [6, 6.07) is 7.50. The summed E-state index contributed by atoms with van der Waals surface area (Å²) < 4.78 is 21.4. The third-order valence-electron chi connectivity index (χ3n) is 5.20. The number of aromatic nitrogens is 5. The highest BCUT2D eigenvalue weighted by atomic mass is 19.1. The summed E-state index contributed by atoms with van der Waals surface area (Å²) in [6.45, 7) is 0.996. The Balaban J connectivity index is 1.56. The van der Waals surface area contributed by atoms with Gasteiger partial charge in [-0.2, -0.15) is 4.98 Å². The predicted molar refractivity (Wildman–Crippen MR) is 108 cm³/mol. The van der Waals surface area contributed by atoms with Gasteiger partial charge in [0.2, 0.25) is 11.8 Å². The van der Waals surface area contributed by atoms with E-state index in [1.54, 1.807) is 24.0 Å². The fourth-order valence-electron chi connectivity index (χ4n) is 3.81. The van der Waals surface area contributed by atoms with Crippen LogP contribution in [0.4, 0.5) is 10.3 Å². The molecule has 0 amide bonds. The van der Waals surface area contributed by atoms with Gasteiger partial charge in [0.05, 0.1) is 24.2 Å². The molecule has 1 aliphatic heterocycles. The minimum absolute atomic E-state index is 0.337. The van der Waals surface area contributed by atoms with Gasteiger partial charge in [-0.05, 0) is 30.8 Å². The van der Waals surface area contributed by atoms with Crippen LogP contribution >= 0.6 is 0 Å². The van der Waals surface area contributed by atoms with Crippen molar-refractivity contribution in [3.63, 3.8) is 0 Å². The summed E-state index contributed by atoms with van der Waals surface area (Å²) in [4.78, 5) is 15.1. The predicted octanol–water partition coefficient (Wildman–Crippen LogP) is 2.41. The van der Waals surface area contributed by atoms with E-state index in [4.69, 9.17) is 4.74 Å². The van der Waals surface area contributed by atoms with Gasteiger partial charge < -0.3 is 15.0 Å². The fraction of sp³-hybridized carbons (Fsp3) is 0.300. The molecule has 0 unspecified atom stereocenters. The minimum Gasteiger partial charge on any atom is -0.479 e. The summed E-state index contributed by atoms with van der Waals surface area (Å²) >= 11 is 0. The molecular weight excluding hydrogens is 373 g/mol. The van der Waals surface area contributed by atoms with Gasteiger partial charge in [0.1, 0.15) is 11.7 Å². The molecule has 8 nitrogen and oxygen atoms in total. The molecule has 0 saturated carbocycles. The molecule has 0 bridgehead atoms. The van der Waals surface area contributed by atoms with E-state index in [1.165, 1.54) is 0 Å². The molecule has 4 heterocycles. The number of anilines is 1. The van der Waals surface area contributed by atoms with Crippen molar-refractivity contribution < 1.29 is 9.13 Å². The molecule has 0 aliphatic carbocycles. The topological polar surface area (TPSA) is 80.5 Å². The van der Waals surface area contributed by atoms with E-state index in [1.807, 2.05) is 42.4 Å². The zero-order valence-electron chi connectivity index (χ0n) is 16.1. The van der Waals surface area contributed by atoms with Crippen molar-refractivity contribution >= 4 is 22.5 Å². The molecule has 0 spiro atoms. The number of hydrogen-bond donors (Lipinski definition) is 1. The van der Waals surface area contributed by atoms with Gasteiger partial charge in [-0.3, -0.25) is 9.97 Å². The van der Waals surface area contributed by atoms with Gasteiger partial charge >= 0.3 is 0 Å². The monoisotopic (exact) mass is 393 g/mol. The van der Waals surface area contributed by atoms with Crippen LogP contribution in [0, 0.1) is 0 Å². The summed E-state index contributed by atoms with van der Waals surface area (Å²) in [5.74, 6) is 0.757. The van der Waals surface area contributed by atoms with Gasteiger partial charge in [0.25, 0.3) is 0 Å². The van der Waals surface area contributed by atoms with E-state index in [0.717, 1.165) is 27.7 Å². The van der Waals surface area contributed by atoms with E-state index in [2.05, 4.69) is 25.4 Å². The SMILES string of the molecule is COc1nc(N[C@H]2CN(C)C[C@H]2F)nn2ccc(-c3ccc4nccnc4c3)c12. The molecule has 2 atom stereocenters. The number of benzene rings is 1. The first-order chi connectivity index (χ1) is 14.1. The lowest BCUT2D eigenvalue weighted by molar-refractivity contribution is 0.313. The van der Waals surface area contributed by atoms with E-state index in [0.29, 0.717) is 24.9 Å². The van der Waals surface area contributed by atoms with Crippen molar-refractivity contribution in [1.82, 2.24) is 29.5 Å². The van der Waals surface area contributed by atoms with Crippen molar-refractivity contribution in [3.8, 4) is 17.0 Å². The molecule has 1 fully saturated rings. The average molecular weight is 393 g/mol. The molecule has 1 N–H and O–H groups in total. The molecule has 1 aromatic carbocycles. The highest BCUT2D eigenvalue weighted by molar-refractivity contribution is 5.89. The lowest BCUT2D eigenvalue weighted by atomic mass is 10.1. The first-order valence-electron chi connectivity index (χ1n) is 9.36. The standard InChI is InChI=1S/C20H20FN7O/c1-27-10-14(21)17(11-27)24-20-25-19(29-2)18-13(5-8-28(18)26-20)12-3-4-15-16(9-12)23-7-6-22-15/h3-9,14,17H,10-11H2,1-2H3,(H,24,26)/t14-,17+/m1/s1. The van der Waals surface area contributed by atoms with Crippen LogP contribution < -0.4 is 10.1 Å². The Labute approximate surface area is 166 Å². The number of likely N-dealkylation sites (tertiary alicyclic amines) is 1. The number of hydrogen-bond acceptors (Lipinski definition) is 7. The van der Waals surface area contributed by atoms with Crippen LogP contribution in [0.15, 0.2) is 42.9 Å². The average Bonchev–Trinajstić information content (AvgIpc) is 3.29. The second-order valence-electron chi connectivity index (χ2n) is 7.22. The molecule has 1 aliphatic rings. The first-order valence-corrected chi connectivity index (χ1v) is 9.36. The minimum atomic E-state index is -0.968. The molecule has 0 radical (unpaired) electrons. The summed E-state index contributed by atoms with van der Waals surface area (Å²) in [6.07, 6.45) is 4.22. The number of methoxy groups -OCH3 is 1. The van der Waals surface area contributed by atoms with E-state index < -0.39 is 6.17 Å². The molecule has 1 saturated heterocycles. The number of likely N-dealkylation sites (N-methyl/N-ethyl adjacent to an activating group) is 1. The van der Waals surface area contributed by atoms with Crippen molar-refractivity contribution in [2.24, 2.45) is 0 Å². The van der Waals surface area contributed by atoms with Gasteiger partial charge in [-0.15, -0.1) is 5.10 Å². The number of nitrogens with one attached hydrogen (secondary N) is 1. The molecule has 5 rings (SSSR count). The normalized spacial score (nSPS) is 19.8. The maximum atomic E-state index is 14.2. The Kier molecular flexibility index (Phi) is 4.24. The third kappa shape index (κ3) is 3.13. The van der Waals surface area contributed by atoms with Crippen LogP contribution in [-0.4, -0.2) is 68.9 Å².